The average molecular weight is 285 g/mol. The highest BCUT2D eigenvalue weighted by atomic mass is 16.4. The van der Waals surface area contributed by atoms with Crippen molar-refractivity contribution in [2.24, 2.45) is 0 Å². The first-order chi connectivity index (χ1) is 10.2. The minimum Gasteiger partial charge on any atom is -0.480 e. The van der Waals surface area contributed by atoms with Crippen LogP contribution in [0.1, 0.15) is 11.4 Å². The second-order valence-corrected chi connectivity index (χ2v) is 4.81. The number of nitrogens with one attached hydrogen (secondary N) is 2. The zero-order valence-electron chi connectivity index (χ0n) is 10.8. The monoisotopic (exact) mass is 285 g/mol. The summed E-state index contributed by atoms with van der Waals surface area (Å²) in [5.74, 6) is -0.375. The Balaban J connectivity index is 1.85. The number of aromatic amines is 2. The van der Waals surface area contributed by atoms with Gasteiger partial charge in [-0.05, 0) is 0 Å². The zero-order chi connectivity index (χ0) is 14.4. The van der Waals surface area contributed by atoms with E-state index in [2.05, 4.69) is 29.9 Å². The first kappa shape index (κ1) is 11.8. The van der Waals surface area contributed by atoms with Gasteiger partial charge in [-0.3, -0.25) is 0 Å². The molecule has 1 aliphatic heterocycles. The van der Waals surface area contributed by atoms with Crippen molar-refractivity contribution in [1.82, 2.24) is 29.9 Å². The van der Waals surface area contributed by atoms with Gasteiger partial charge in [0, 0.05) is 6.42 Å². The van der Waals surface area contributed by atoms with Gasteiger partial charge in [-0.25, -0.2) is 24.7 Å². The van der Waals surface area contributed by atoms with Crippen molar-refractivity contribution in [3.05, 3.63) is 30.4 Å². The lowest BCUT2D eigenvalue weighted by Gasteiger charge is -2.33. The van der Waals surface area contributed by atoms with Crippen LogP contribution < -0.4 is 4.90 Å². The van der Waals surface area contributed by atoms with Crippen LogP contribution in [-0.4, -0.2) is 47.0 Å². The molecule has 0 bridgehead atoms. The van der Waals surface area contributed by atoms with Crippen LogP contribution in [0.4, 0.5) is 5.82 Å². The Hall–Kier alpha value is -2.97. The third-order valence-electron chi connectivity index (χ3n) is 3.66. The fraction of sp³-hybridized carbons (Fsp3) is 0.250. The summed E-state index contributed by atoms with van der Waals surface area (Å²) in [5, 5.41) is 9.51. The van der Waals surface area contributed by atoms with E-state index in [0.29, 0.717) is 29.9 Å². The second kappa shape index (κ2) is 4.27. The van der Waals surface area contributed by atoms with Gasteiger partial charge in [-0.2, -0.15) is 0 Å². The lowest BCUT2D eigenvalue weighted by Crippen LogP contribution is -2.46. The van der Waals surface area contributed by atoms with Crippen LogP contribution in [0.3, 0.4) is 0 Å². The van der Waals surface area contributed by atoms with Gasteiger partial charge in [0.25, 0.3) is 0 Å². The number of hydrogen-bond donors (Lipinski definition) is 3. The van der Waals surface area contributed by atoms with Crippen LogP contribution in [0, 0.1) is 0 Å². The van der Waals surface area contributed by atoms with Crippen LogP contribution in [0.5, 0.6) is 0 Å². The Bertz CT molecular complexity index is 824. The third-order valence-corrected chi connectivity index (χ3v) is 3.66. The molecule has 1 atom stereocenters. The summed E-state index contributed by atoms with van der Waals surface area (Å²) < 4.78 is 0. The third kappa shape index (κ3) is 1.74. The van der Waals surface area contributed by atoms with E-state index >= 15 is 0 Å². The highest BCUT2D eigenvalue weighted by Gasteiger charge is 2.34. The highest BCUT2D eigenvalue weighted by Crippen LogP contribution is 2.28. The second-order valence-electron chi connectivity index (χ2n) is 4.81. The predicted octanol–water partition coefficient (Wildman–Crippen LogP) is 0.0919. The standard InChI is InChI=1S/C12H11N7O2/c20-12(21)8-1-6-7(14-3-13-6)2-19(8)11-9-10(16-4-15-9)17-5-18-11/h3-5,8H,1-2H2,(H,13,14)(H,20,21)(H,15,16,17,18). The SMILES string of the molecule is O=C(O)C1Cc2nc[nH]c2CN1c1ncnc2nc[nH]c12. The summed E-state index contributed by atoms with van der Waals surface area (Å²) in [4.78, 5) is 35.9. The molecule has 106 valence electrons. The molecule has 9 heteroatoms. The molecule has 0 spiro atoms. The van der Waals surface area contributed by atoms with Crippen molar-refractivity contribution in [2.75, 3.05) is 4.90 Å². The molecular formula is C12H11N7O2. The maximum Gasteiger partial charge on any atom is 0.326 e. The molecule has 0 fully saturated rings. The molecule has 0 aliphatic carbocycles. The summed E-state index contributed by atoms with van der Waals surface area (Å²) in [6, 6.07) is -0.720. The zero-order valence-corrected chi connectivity index (χ0v) is 10.8. The van der Waals surface area contributed by atoms with Crippen LogP contribution in [0.2, 0.25) is 0 Å². The van der Waals surface area contributed by atoms with Crippen LogP contribution in [0.15, 0.2) is 19.0 Å². The van der Waals surface area contributed by atoms with Crippen LogP contribution in [0.25, 0.3) is 11.2 Å². The fourth-order valence-electron chi connectivity index (χ4n) is 2.65. The van der Waals surface area contributed by atoms with E-state index in [1.54, 1.807) is 11.2 Å². The molecule has 21 heavy (non-hydrogen) atoms. The molecule has 0 saturated heterocycles. The average Bonchev–Trinajstić information content (AvgIpc) is 3.13. The predicted molar refractivity (Wildman–Crippen MR) is 71.6 cm³/mol. The van der Waals surface area contributed by atoms with Crippen molar-refractivity contribution < 1.29 is 9.90 Å². The molecule has 0 radical (unpaired) electrons. The summed E-state index contributed by atoms with van der Waals surface area (Å²) in [6.07, 6.45) is 4.82. The number of anilines is 1. The van der Waals surface area contributed by atoms with Crippen molar-refractivity contribution in [3.63, 3.8) is 0 Å². The summed E-state index contributed by atoms with van der Waals surface area (Å²) >= 11 is 0. The molecule has 0 saturated carbocycles. The molecule has 0 aromatic carbocycles. The number of carboxylic acids is 1. The maximum absolute atomic E-state index is 11.6. The van der Waals surface area contributed by atoms with E-state index in [-0.39, 0.29) is 0 Å². The Labute approximate surface area is 118 Å². The van der Waals surface area contributed by atoms with Gasteiger partial charge in [0.05, 0.1) is 30.6 Å². The quantitative estimate of drug-likeness (QED) is 0.609. The van der Waals surface area contributed by atoms with Crippen molar-refractivity contribution >= 4 is 23.0 Å². The number of carbonyl (C=O) groups is 1. The number of carboxylic acid groups (broad SMARTS) is 1. The molecule has 9 nitrogen and oxygen atoms in total. The van der Waals surface area contributed by atoms with E-state index in [0.717, 1.165) is 11.4 Å². The van der Waals surface area contributed by atoms with Gasteiger partial charge in [-0.15, -0.1) is 0 Å². The Kier molecular flexibility index (Phi) is 2.40. The number of fused-ring (bicyclic) bond motifs is 2. The largest absolute Gasteiger partial charge is 0.480 e. The highest BCUT2D eigenvalue weighted by molar-refractivity contribution is 5.87. The Morgan fingerprint density at radius 2 is 2.10 bits per heavy atom. The minimum absolute atomic E-state index is 0.327. The first-order valence-corrected chi connectivity index (χ1v) is 6.38. The van der Waals surface area contributed by atoms with Gasteiger partial charge in [0.1, 0.15) is 17.9 Å². The molecular weight excluding hydrogens is 274 g/mol. The molecule has 3 aromatic rings. The van der Waals surface area contributed by atoms with Gasteiger partial charge < -0.3 is 20.0 Å². The van der Waals surface area contributed by atoms with Crippen molar-refractivity contribution in [2.45, 2.75) is 19.0 Å². The van der Waals surface area contributed by atoms with Gasteiger partial charge in [0.15, 0.2) is 11.5 Å². The molecule has 1 unspecified atom stereocenters. The van der Waals surface area contributed by atoms with Gasteiger partial charge in [0.2, 0.25) is 0 Å². The smallest absolute Gasteiger partial charge is 0.326 e. The van der Waals surface area contributed by atoms with Crippen LogP contribution >= 0.6 is 0 Å². The minimum atomic E-state index is -0.907. The van der Waals surface area contributed by atoms with Gasteiger partial charge >= 0.3 is 5.97 Å². The van der Waals surface area contributed by atoms with Gasteiger partial charge in [-0.1, -0.05) is 0 Å². The summed E-state index contributed by atoms with van der Waals surface area (Å²) in [7, 11) is 0. The number of nitrogens with zero attached hydrogens (tertiary/aromatic N) is 5. The Morgan fingerprint density at radius 1 is 1.24 bits per heavy atom. The molecule has 1 aliphatic rings. The van der Waals surface area contributed by atoms with Crippen molar-refractivity contribution in [1.29, 1.82) is 0 Å². The molecule has 4 rings (SSSR count). The molecule has 0 amide bonds. The molecule has 3 aromatic heterocycles. The van der Waals surface area contributed by atoms with Crippen LogP contribution in [-0.2, 0) is 17.8 Å². The molecule has 3 N–H and O–H groups in total. The number of aliphatic carboxylic acids is 1. The van der Waals surface area contributed by atoms with E-state index in [4.69, 9.17) is 0 Å². The first-order valence-electron chi connectivity index (χ1n) is 6.38. The number of aromatic nitrogens is 6. The van der Waals surface area contributed by atoms with E-state index in [9.17, 15) is 9.90 Å². The normalized spacial score (nSPS) is 17.9. The fourth-order valence-corrected chi connectivity index (χ4v) is 2.65. The number of rotatable bonds is 2. The van der Waals surface area contributed by atoms with E-state index < -0.39 is 12.0 Å². The molecule has 4 heterocycles. The van der Waals surface area contributed by atoms with Crippen molar-refractivity contribution in [3.8, 4) is 0 Å². The maximum atomic E-state index is 11.6. The number of hydrogen-bond acceptors (Lipinski definition) is 6. The lowest BCUT2D eigenvalue weighted by molar-refractivity contribution is -0.138. The topological polar surface area (TPSA) is 124 Å². The lowest BCUT2D eigenvalue weighted by atomic mass is 10.0. The number of H-pyrrole nitrogens is 2. The summed E-state index contributed by atoms with van der Waals surface area (Å²) in [6.45, 7) is 0.400. The summed E-state index contributed by atoms with van der Waals surface area (Å²) in [5.41, 5.74) is 2.83. The number of imidazole rings is 2. The Morgan fingerprint density at radius 3 is 2.95 bits per heavy atom. The van der Waals surface area contributed by atoms with E-state index in [1.807, 2.05) is 0 Å². The van der Waals surface area contributed by atoms with E-state index in [1.165, 1.54) is 12.7 Å².